The van der Waals surface area contributed by atoms with Gasteiger partial charge in [-0.1, -0.05) is 55.8 Å². The lowest BCUT2D eigenvalue weighted by molar-refractivity contribution is 0.102. The van der Waals surface area contributed by atoms with E-state index in [-0.39, 0.29) is 5.91 Å². The molecule has 0 atom stereocenters. The van der Waals surface area contributed by atoms with Gasteiger partial charge in [-0.2, -0.15) is 0 Å². The summed E-state index contributed by atoms with van der Waals surface area (Å²) in [5, 5.41) is 2.92. The van der Waals surface area contributed by atoms with Crippen LogP contribution >= 0.6 is 0 Å². The lowest BCUT2D eigenvalue weighted by Crippen LogP contribution is -2.14. The normalized spacial score (nSPS) is 10.3. The number of rotatable bonds is 11. The van der Waals surface area contributed by atoms with Crippen molar-refractivity contribution in [3.63, 3.8) is 0 Å². The highest BCUT2D eigenvalue weighted by Crippen LogP contribution is 2.39. The standard InChI is InChI=1S/C26H29NO5/c1-4-5-15-31-22-14-10-9-13-21(22)27-26(28)20-16-23(29-2)25(24(17-20)30-3)32-18-19-11-7-6-8-12-19/h6-14,16-17H,4-5,15,18H2,1-3H3,(H,27,28). The van der Waals surface area contributed by atoms with Gasteiger partial charge in [0.15, 0.2) is 11.5 Å². The summed E-state index contributed by atoms with van der Waals surface area (Å²) >= 11 is 0. The molecule has 6 nitrogen and oxygen atoms in total. The summed E-state index contributed by atoms with van der Waals surface area (Å²) in [4.78, 5) is 13.0. The van der Waals surface area contributed by atoms with Crippen LogP contribution in [0.15, 0.2) is 66.7 Å². The second-order valence-corrected chi connectivity index (χ2v) is 7.14. The fourth-order valence-electron chi connectivity index (χ4n) is 3.10. The number of para-hydroxylation sites is 2. The van der Waals surface area contributed by atoms with Gasteiger partial charge in [0.25, 0.3) is 5.91 Å². The number of amides is 1. The highest BCUT2D eigenvalue weighted by atomic mass is 16.5. The number of ether oxygens (including phenoxy) is 4. The molecule has 0 aliphatic rings. The van der Waals surface area contributed by atoms with Crippen molar-refractivity contribution in [2.75, 3.05) is 26.1 Å². The molecule has 6 heteroatoms. The van der Waals surface area contributed by atoms with Crippen molar-refractivity contribution in [1.82, 2.24) is 0 Å². The average Bonchev–Trinajstić information content (AvgIpc) is 2.84. The third-order valence-corrected chi connectivity index (χ3v) is 4.84. The van der Waals surface area contributed by atoms with Gasteiger partial charge in [0, 0.05) is 5.56 Å². The van der Waals surface area contributed by atoms with Crippen molar-refractivity contribution >= 4 is 11.6 Å². The minimum absolute atomic E-state index is 0.303. The molecule has 0 bridgehead atoms. The Labute approximate surface area is 189 Å². The van der Waals surface area contributed by atoms with Crippen molar-refractivity contribution in [2.45, 2.75) is 26.4 Å². The molecule has 0 saturated carbocycles. The molecule has 168 valence electrons. The number of hydrogen-bond donors (Lipinski definition) is 1. The Morgan fingerprint density at radius 2 is 1.50 bits per heavy atom. The summed E-state index contributed by atoms with van der Waals surface area (Å²) in [6, 6.07) is 20.4. The Kier molecular flexibility index (Phi) is 8.37. The lowest BCUT2D eigenvalue weighted by atomic mass is 10.1. The van der Waals surface area contributed by atoms with E-state index < -0.39 is 0 Å². The van der Waals surface area contributed by atoms with E-state index in [0.717, 1.165) is 18.4 Å². The maximum absolute atomic E-state index is 13.0. The van der Waals surface area contributed by atoms with E-state index in [0.29, 0.717) is 47.5 Å². The van der Waals surface area contributed by atoms with Crippen molar-refractivity contribution in [1.29, 1.82) is 0 Å². The first-order valence-corrected chi connectivity index (χ1v) is 10.6. The Morgan fingerprint density at radius 1 is 0.844 bits per heavy atom. The molecule has 0 fully saturated rings. The van der Waals surface area contributed by atoms with E-state index in [2.05, 4.69) is 12.2 Å². The Balaban J connectivity index is 1.80. The molecular weight excluding hydrogens is 406 g/mol. The first kappa shape index (κ1) is 23.0. The van der Waals surface area contributed by atoms with Gasteiger partial charge in [-0.15, -0.1) is 0 Å². The van der Waals surface area contributed by atoms with E-state index in [9.17, 15) is 4.79 Å². The maximum atomic E-state index is 13.0. The largest absolute Gasteiger partial charge is 0.493 e. The van der Waals surface area contributed by atoms with Crippen molar-refractivity contribution in [3.8, 4) is 23.0 Å². The third-order valence-electron chi connectivity index (χ3n) is 4.84. The van der Waals surface area contributed by atoms with Gasteiger partial charge in [-0.3, -0.25) is 4.79 Å². The summed E-state index contributed by atoms with van der Waals surface area (Å²) in [5.74, 6) is 1.60. The maximum Gasteiger partial charge on any atom is 0.256 e. The SMILES string of the molecule is CCCCOc1ccccc1NC(=O)c1cc(OC)c(OCc2ccccc2)c(OC)c1. The van der Waals surface area contributed by atoms with Gasteiger partial charge in [0.1, 0.15) is 12.4 Å². The number of unbranched alkanes of at least 4 members (excludes halogenated alkanes) is 1. The highest BCUT2D eigenvalue weighted by Gasteiger charge is 2.19. The Hall–Kier alpha value is -3.67. The lowest BCUT2D eigenvalue weighted by Gasteiger charge is -2.17. The second-order valence-electron chi connectivity index (χ2n) is 7.14. The summed E-state index contributed by atoms with van der Waals surface area (Å²) in [7, 11) is 3.06. The van der Waals surface area contributed by atoms with Crippen LogP contribution in [0, 0.1) is 0 Å². The van der Waals surface area contributed by atoms with Crippen molar-refractivity contribution in [3.05, 3.63) is 77.9 Å². The number of carbonyl (C=O) groups excluding carboxylic acids is 1. The number of nitrogens with one attached hydrogen (secondary N) is 1. The summed E-state index contributed by atoms with van der Waals surface area (Å²) in [6.07, 6.45) is 1.98. The van der Waals surface area contributed by atoms with Crippen LogP contribution in [-0.4, -0.2) is 26.7 Å². The van der Waals surface area contributed by atoms with E-state index in [1.54, 1.807) is 12.1 Å². The molecule has 0 spiro atoms. The molecule has 0 radical (unpaired) electrons. The molecule has 0 heterocycles. The number of carbonyl (C=O) groups is 1. The molecule has 32 heavy (non-hydrogen) atoms. The molecule has 3 rings (SSSR count). The predicted octanol–water partition coefficient (Wildman–Crippen LogP) is 5.71. The fourth-order valence-corrected chi connectivity index (χ4v) is 3.10. The van der Waals surface area contributed by atoms with Crippen LogP contribution < -0.4 is 24.3 Å². The van der Waals surface area contributed by atoms with E-state index in [1.165, 1.54) is 14.2 Å². The monoisotopic (exact) mass is 435 g/mol. The van der Waals surface area contributed by atoms with Crippen LogP contribution in [0.25, 0.3) is 0 Å². The number of benzene rings is 3. The molecule has 0 aliphatic heterocycles. The van der Waals surface area contributed by atoms with Crippen molar-refractivity contribution < 1.29 is 23.7 Å². The number of hydrogen-bond acceptors (Lipinski definition) is 5. The molecule has 0 unspecified atom stereocenters. The Morgan fingerprint density at radius 3 is 2.16 bits per heavy atom. The topological polar surface area (TPSA) is 66.0 Å². The van der Waals surface area contributed by atoms with Crippen LogP contribution in [-0.2, 0) is 6.61 Å². The zero-order chi connectivity index (χ0) is 22.8. The number of anilines is 1. The van der Waals surface area contributed by atoms with Gasteiger partial charge in [0.05, 0.1) is 26.5 Å². The highest BCUT2D eigenvalue weighted by molar-refractivity contribution is 6.05. The second kappa shape index (κ2) is 11.6. The predicted molar refractivity (Wildman–Crippen MR) is 125 cm³/mol. The Bertz CT molecular complexity index is 995. The first-order valence-electron chi connectivity index (χ1n) is 10.6. The quantitative estimate of drug-likeness (QED) is 0.391. The smallest absolute Gasteiger partial charge is 0.256 e. The molecule has 1 amide bonds. The van der Waals surface area contributed by atoms with E-state index in [4.69, 9.17) is 18.9 Å². The van der Waals surface area contributed by atoms with E-state index in [1.807, 2.05) is 54.6 Å². The minimum atomic E-state index is -0.303. The van der Waals surface area contributed by atoms with Gasteiger partial charge in [-0.25, -0.2) is 0 Å². The van der Waals surface area contributed by atoms with Gasteiger partial charge >= 0.3 is 0 Å². The first-order chi connectivity index (χ1) is 15.7. The molecule has 3 aromatic carbocycles. The molecule has 1 N–H and O–H groups in total. The minimum Gasteiger partial charge on any atom is -0.493 e. The van der Waals surface area contributed by atoms with Gasteiger partial charge in [0.2, 0.25) is 5.75 Å². The molecule has 0 aromatic heterocycles. The van der Waals surface area contributed by atoms with Crippen LogP contribution in [0.5, 0.6) is 23.0 Å². The van der Waals surface area contributed by atoms with Crippen LogP contribution in [0.1, 0.15) is 35.7 Å². The zero-order valence-electron chi connectivity index (χ0n) is 18.7. The zero-order valence-corrected chi connectivity index (χ0v) is 18.7. The van der Waals surface area contributed by atoms with Crippen molar-refractivity contribution in [2.24, 2.45) is 0 Å². The summed E-state index contributed by atoms with van der Waals surface area (Å²) < 4.78 is 22.8. The number of methoxy groups -OCH3 is 2. The fraction of sp³-hybridized carbons (Fsp3) is 0.269. The summed E-state index contributed by atoms with van der Waals surface area (Å²) in [5.41, 5.74) is 2.00. The van der Waals surface area contributed by atoms with E-state index >= 15 is 0 Å². The summed E-state index contributed by atoms with van der Waals surface area (Å²) in [6.45, 7) is 3.05. The molecule has 0 aliphatic carbocycles. The van der Waals surface area contributed by atoms with Crippen LogP contribution in [0.4, 0.5) is 5.69 Å². The van der Waals surface area contributed by atoms with Gasteiger partial charge in [-0.05, 0) is 36.2 Å². The average molecular weight is 436 g/mol. The molecule has 3 aromatic rings. The van der Waals surface area contributed by atoms with Crippen LogP contribution in [0.2, 0.25) is 0 Å². The third kappa shape index (κ3) is 5.94. The molecular formula is C26H29NO5. The molecule has 0 saturated heterocycles. The van der Waals surface area contributed by atoms with Gasteiger partial charge < -0.3 is 24.3 Å². The van der Waals surface area contributed by atoms with Crippen LogP contribution in [0.3, 0.4) is 0 Å².